The van der Waals surface area contributed by atoms with Crippen molar-refractivity contribution in [3.05, 3.63) is 35.4 Å². The zero-order valence-electron chi connectivity index (χ0n) is 8.36. The van der Waals surface area contributed by atoms with Crippen molar-refractivity contribution in [3.8, 4) is 0 Å². The number of carboxylic acid groups (broad SMARTS) is 1. The third kappa shape index (κ3) is 2.85. The van der Waals surface area contributed by atoms with Crippen LogP contribution in [0.15, 0.2) is 24.3 Å². The van der Waals surface area contributed by atoms with Crippen molar-refractivity contribution in [1.29, 1.82) is 0 Å². The molecule has 0 radical (unpaired) electrons. The van der Waals surface area contributed by atoms with Gasteiger partial charge in [0.15, 0.2) is 0 Å². The second-order valence-corrected chi connectivity index (χ2v) is 3.23. The first-order valence-corrected chi connectivity index (χ1v) is 4.44. The maximum Gasteiger partial charge on any atom is 0.306 e. The number of hydrogen-bond acceptors (Lipinski definition) is 2. The Balaban J connectivity index is 2.78. The number of aliphatic carboxylic acids is 1. The van der Waals surface area contributed by atoms with Crippen LogP contribution in [0.3, 0.4) is 0 Å². The fourth-order valence-corrected chi connectivity index (χ4v) is 1.28. The molecule has 0 heterocycles. The SMILES string of the molecule is COC(CC(=O)O)c1ccc(C)cc1. The second-order valence-electron chi connectivity index (χ2n) is 3.23. The maximum absolute atomic E-state index is 10.5. The summed E-state index contributed by atoms with van der Waals surface area (Å²) < 4.78 is 5.11. The number of carboxylic acids is 1. The summed E-state index contributed by atoms with van der Waals surface area (Å²) in [5.74, 6) is -0.850. The van der Waals surface area contributed by atoms with Crippen molar-refractivity contribution >= 4 is 5.97 Å². The Hall–Kier alpha value is -1.35. The molecule has 0 saturated heterocycles. The van der Waals surface area contributed by atoms with Crippen molar-refractivity contribution in [2.75, 3.05) is 7.11 Å². The van der Waals surface area contributed by atoms with Gasteiger partial charge in [0, 0.05) is 7.11 Å². The second kappa shape index (κ2) is 4.77. The summed E-state index contributed by atoms with van der Waals surface area (Å²) in [6.45, 7) is 1.99. The fraction of sp³-hybridized carbons (Fsp3) is 0.364. The molecule has 0 saturated carbocycles. The molecule has 3 heteroatoms. The van der Waals surface area contributed by atoms with Crippen LogP contribution in [-0.2, 0) is 9.53 Å². The lowest BCUT2D eigenvalue weighted by Crippen LogP contribution is -2.08. The molecule has 0 aliphatic carbocycles. The van der Waals surface area contributed by atoms with Gasteiger partial charge in [-0.1, -0.05) is 29.8 Å². The number of hydrogen-bond donors (Lipinski definition) is 1. The lowest BCUT2D eigenvalue weighted by molar-refractivity contribution is -0.139. The summed E-state index contributed by atoms with van der Waals surface area (Å²) in [5.41, 5.74) is 2.06. The highest BCUT2D eigenvalue weighted by molar-refractivity contribution is 5.67. The Morgan fingerprint density at radius 2 is 2.00 bits per heavy atom. The monoisotopic (exact) mass is 194 g/mol. The topological polar surface area (TPSA) is 46.5 Å². The Morgan fingerprint density at radius 3 is 2.43 bits per heavy atom. The van der Waals surface area contributed by atoms with E-state index in [0.717, 1.165) is 11.1 Å². The first kappa shape index (κ1) is 10.7. The third-order valence-electron chi connectivity index (χ3n) is 2.09. The quantitative estimate of drug-likeness (QED) is 0.798. The Morgan fingerprint density at radius 1 is 1.43 bits per heavy atom. The number of methoxy groups -OCH3 is 1. The zero-order chi connectivity index (χ0) is 10.6. The smallest absolute Gasteiger partial charge is 0.306 e. The average Bonchev–Trinajstić information content (AvgIpc) is 2.15. The fourth-order valence-electron chi connectivity index (χ4n) is 1.28. The summed E-state index contributed by atoms with van der Waals surface area (Å²) in [6, 6.07) is 7.69. The van der Waals surface area contributed by atoms with E-state index in [-0.39, 0.29) is 12.5 Å². The molecule has 0 aliphatic heterocycles. The number of benzene rings is 1. The van der Waals surface area contributed by atoms with Crippen LogP contribution in [0.25, 0.3) is 0 Å². The van der Waals surface area contributed by atoms with Crippen molar-refractivity contribution in [3.63, 3.8) is 0 Å². The molecule has 0 spiro atoms. The molecule has 3 nitrogen and oxygen atoms in total. The van der Waals surface area contributed by atoms with Gasteiger partial charge < -0.3 is 9.84 Å². The van der Waals surface area contributed by atoms with E-state index in [0.29, 0.717) is 0 Å². The van der Waals surface area contributed by atoms with Gasteiger partial charge in [-0.15, -0.1) is 0 Å². The summed E-state index contributed by atoms with van der Waals surface area (Å²) in [6.07, 6.45) is -0.354. The molecule has 1 aromatic carbocycles. The first-order chi connectivity index (χ1) is 6.63. The third-order valence-corrected chi connectivity index (χ3v) is 2.09. The van der Waals surface area contributed by atoms with E-state index < -0.39 is 5.97 Å². The lowest BCUT2D eigenvalue weighted by atomic mass is 10.1. The Labute approximate surface area is 83.3 Å². The molecule has 1 atom stereocenters. The van der Waals surface area contributed by atoms with E-state index in [2.05, 4.69) is 0 Å². The Bertz CT molecular complexity index is 303. The molecule has 1 aromatic rings. The van der Waals surface area contributed by atoms with Gasteiger partial charge in [0.2, 0.25) is 0 Å². The van der Waals surface area contributed by atoms with E-state index in [9.17, 15) is 4.79 Å². The van der Waals surface area contributed by atoms with Crippen LogP contribution in [0.2, 0.25) is 0 Å². The highest BCUT2D eigenvalue weighted by Gasteiger charge is 2.13. The van der Waals surface area contributed by atoms with Gasteiger partial charge in [0.1, 0.15) is 0 Å². The van der Waals surface area contributed by atoms with E-state index in [4.69, 9.17) is 9.84 Å². The van der Waals surface area contributed by atoms with Gasteiger partial charge in [-0.25, -0.2) is 0 Å². The van der Waals surface area contributed by atoms with Gasteiger partial charge in [0.25, 0.3) is 0 Å². The van der Waals surface area contributed by atoms with Crippen LogP contribution < -0.4 is 0 Å². The molecule has 14 heavy (non-hydrogen) atoms. The Kier molecular flexibility index (Phi) is 3.65. The summed E-state index contributed by atoms with van der Waals surface area (Å²) >= 11 is 0. The van der Waals surface area contributed by atoms with E-state index in [1.165, 1.54) is 7.11 Å². The number of rotatable bonds is 4. The molecule has 76 valence electrons. The van der Waals surface area contributed by atoms with Crippen molar-refractivity contribution in [2.24, 2.45) is 0 Å². The van der Waals surface area contributed by atoms with Gasteiger partial charge in [-0.2, -0.15) is 0 Å². The maximum atomic E-state index is 10.5. The van der Waals surface area contributed by atoms with Gasteiger partial charge in [0.05, 0.1) is 12.5 Å². The van der Waals surface area contributed by atoms with E-state index in [1.54, 1.807) is 0 Å². The van der Waals surface area contributed by atoms with Gasteiger partial charge in [-0.05, 0) is 12.5 Å². The minimum absolute atomic E-state index is 0.000436. The molecule has 1 unspecified atom stereocenters. The normalized spacial score (nSPS) is 12.4. The minimum Gasteiger partial charge on any atom is -0.481 e. The number of carbonyl (C=O) groups is 1. The van der Waals surface area contributed by atoms with Crippen LogP contribution in [0.5, 0.6) is 0 Å². The van der Waals surface area contributed by atoms with Gasteiger partial charge in [-0.3, -0.25) is 4.79 Å². The predicted octanol–water partition coefficient (Wildman–Crippen LogP) is 2.16. The standard InChI is InChI=1S/C11H14O3/c1-8-3-5-9(6-4-8)10(14-2)7-11(12)13/h3-6,10H,7H2,1-2H3,(H,12,13). The lowest BCUT2D eigenvalue weighted by Gasteiger charge is -2.13. The summed E-state index contributed by atoms with van der Waals surface area (Å²) in [5, 5.41) is 8.65. The molecular weight excluding hydrogens is 180 g/mol. The largest absolute Gasteiger partial charge is 0.481 e. The highest BCUT2D eigenvalue weighted by atomic mass is 16.5. The summed E-state index contributed by atoms with van der Waals surface area (Å²) in [7, 11) is 1.52. The molecule has 0 aliphatic rings. The van der Waals surface area contributed by atoms with Crippen LogP contribution in [-0.4, -0.2) is 18.2 Å². The average molecular weight is 194 g/mol. The number of aryl methyl sites for hydroxylation is 1. The molecule has 0 bridgehead atoms. The zero-order valence-corrected chi connectivity index (χ0v) is 8.36. The minimum atomic E-state index is -0.850. The number of ether oxygens (including phenoxy) is 1. The molecule has 0 amide bonds. The van der Waals surface area contributed by atoms with Crippen LogP contribution in [0.1, 0.15) is 23.7 Å². The van der Waals surface area contributed by atoms with Crippen molar-refractivity contribution < 1.29 is 14.6 Å². The molecule has 0 aromatic heterocycles. The highest BCUT2D eigenvalue weighted by Crippen LogP contribution is 2.20. The predicted molar refractivity (Wildman–Crippen MR) is 53.2 cm³/mol. The molecule has 1 N–H and O–H groups in total. The van der Waals surface area contributed by atoms with E-state index >= 15 is 0 Å². The molecule has 1 rings (SSSR count). The summed E-state index contributed by atoms with van der Waals surface area (Å²) in [4.78, 5) is 10.5. The molecule has 0 fully saturated rings. The van der Waals surface area contributed by atoms with Crippen molar-refractivity contribution in [1.82, 2.24) is 0 Å². The van der Waals surface area contributed by atoms with Crippen LogP contribution in [0.4, 0.5) is 0 Å². The molecular formula is C11H14O3. The van der Waals surface area contributed by atoms with Gasteiger partial charge >= 0.3 is 5.97 Å². The first-order valence-electron chi connectivity index (χ1n) is 4.44. The van der Waals surface area contributed by atoms with Crippen LogP contribution >= 0.6 is 0 Å². The van der Waals surface area contributed by atoms with Crippen LogP contribution in [0, 0.1) is 6.92 Å². The van der Waals surface area contributed by atoms with Crippen molar-refractivity contribution in [2.45, 2.75) is 19.4 Å². The van der Waals surface area contributed by atoms with E-state index in [1.807, 2.05) is 31.2 Å².